The highest BCUT2D eigenvalue weighted by Crippen LogP contribution is 2.55. The molecule has 0 amide bonds. The molecule has 3 aliphatic heterocycles. The molecule has 8 nitrogen and oxygen atoms in total. The summed E-state index contributed by atoms with van der Waals surface area (Å²) >= 11 is 0. The van der Waals surface area contributed by atoms with E-state index >= 15 is 0 Å². The van der Waals surface area contributed by atoms with Crippen LogP contribution in [0, 0.1) is 5.92 Å². The summed E-state index contributed by atoms with van der Waals surface area (Å²) in [7, 11) is -4.50. The zero-order valence-electron chi connectivity index (χ0n) is 12.7. The van der Waals surface area contributed by atoms with Gasteiger partial charge in [0.05, 0.1) is 0 Å². The molecule has 0 aromatic carbocycles. The molecule has 3 aliphatic rings. The van der Waals surface area contributed by atoms with Crippen LogP contribution >= 0.6 is 0 Å². The first-order valence-corrected chi connectivity index (χ1v) is 8.57. The number of esters is 2. The van der Waals surface area contributed by atoms with Gasteiger partial charge in [0, 0.05) is 5.57 Å². The van der Waals surface area contributed by atoms with E-state index < -0.39 is 70.4 Å². The van der Waals surface area contributed by atoms with Crippen LogP contribution in [0.4, 0.5) is 13.2 Å². The number of carbonyl (C=O) groups excluding carboxylic acids is 2. The van der Waals surface area contributed by atoms with Gasteiger partial charge in [-0.15, -0.1) is 0 Å². The molecule has 3 rings (SSSR count). The topological polar surface area (TPSA) is 105 Å². The fourth-order valence-corrected chi connectivity index (χ4v) is 5.14. The molecule has 6 atom stereocenters. The van der Waals surface area contributed by atoms with Gasteiger partial charge in [-0.2, -0.15) is 21.6 Å². The summed E-state index contributed by atoms with van der Waals surface area (Å²) in [5, 5.41) is -1.88. The highest BCUT2D eigenvalue weighted by atomic mass is 32.2. The van der Waals surface area contributed by atoms with Crippen LogP contribution in [-0.4, -0.2) is 62.8 Å². The first kappa shape index (κ1) is 18.1. The third-order valence-corrected chi connectivity index (χ3v) is 5.93. The number of hydrogen-bond acceptors (Lipinski definition) is 8. The second-order valence-electron chi connectivity index (χ2n) is 5.96. The van der Waals surface area contributed by atoms with Gasteiger partial charge in [0.25, 0.3) is 10.1 Å². The predicted molar refractivity (Wildman–Crippen MR) is 71.4 cm³/mol. The van der Waals surface area contributed by atoms with Crippen LogP contribution in [0.1, 0.15) is 6.92 Å². The van der Waals surface area contributed by atoms with Crippen LogP contribution in [0.2, 0.25) is 0 Å². The molecule has 0 N–H and O–H groups in total. The molecular weight excluding hydrogens is 373 g/mol. The predicted octanol–water partition coefficient (Wildman–Crippen LogP) is 0.0742. The Kier molecular flexibility index (Phi) is 4.12. The molecule has 25 heavy (non-hydrogen) atoms. The van der Waals surface area contributed by atoms with E-state index in [1.807, 2.05) is 0 Å². The van der Waals surface area contributed by atoms with Gasteiger partial charge in [-0.05, 0) is 6.92 Å². The molecule has 0 spiro atoms. The van der Waals surface area contributed by atoms with Crippen molar-refractivity contribution in [3.05, 3.63) is 12.2 Å². The molecule has 0 saturated carbocycles. The first-order chi connectivity index (χ1) is 11.4. The third kappa shape index (κ3) is 2.91. The summed E-state index contributed by atoms with van der Waals surface area (Å²) in [5.74, 6) is -4.40. The maximum absolute atomic E-state index is 13.3. The van der Waals surface area contributed by atoms with Crippen molar-refractivity contribution < 1.29 is 49.6 Å². The lowest BCUT2D eigenvalue weighted by atomic mass is 9.84. The summed E-state index contributed by atoms with van der Waals surface area (Å²) in [6.45, 7) is 3.77. The van der Waals surface area contributed by atoms with E-state index in [4.69, 9.17) is 9.47 Å². The van der Waals surface area contributed by atoms with Gasteiger partial charge in [0.1, 0.15) is 29.5 Å². The van der Waals surface area contributed by atoms with E-state index in [0.717, 1.165) is 0 Å². The molecule has 2 bridgehead atoms. The minimum Gasteiger partial charge on any atom is -0.454 e. The average molecular weight is 386 g/mol. The van der Waals surface area contributed by atoms with Crippen LogP contribution in [0.5, 0.6) is 0 Å². The number of carbonyl (C=O) groups is 2. The van der Waals surface area contributed by atoms with Crippen molar-refractivity contribution in [3.63, 3.8) is 0 Å². The second kappa shape index (κ2) is 5.68. The van der Waals surface area contributed by atoms with Crippen molar-refractivity contribution in [3.8, 4) is 0 Å². The van der Waals surface area contributed by atoms with Gasteiger partial charge in [-0.3, -0.25) is 4.18 Å². The smallest absolute Gasteiger partial charge is 0.395 e. The van der Waals surface area contributed by atoms with Gasteiger partial charge >= 0.3 is 18.1 Å². The lowest BCUT2D eigenvalue weighted by Crippen LogP contribution is -2.52. The molecular formula is C13H13F3O8S. The second-order valence-corrected chi connectivity index (χ2v) is 7.68. The number of halogens is 3. The van der Waals surface area contributed by atoms with Gasteiger partial charge in [0.2, 0.25) is 0 Å². The van der Waals surface area contributed by atoms with Crippen molar-refractivity contribution in [1.82, 2.24) is 0 Å². The molecule has 0 aromatic heterocycles. The Hall–Kier alpha value is -1.66. The number of alkyl halides is 3. The quantitative estimate of drug-likeness (QED) is 0.380. The summed E-state index contributed by atoms with van der Waals surface area (Å²) in [6, 6.07) is 0. The van der Waals surface area contributed by atoms with Crippen molar-refractivity contribution in [2.45, 2.75) is 42.8 Å². The normalized spacial score (nSPS) is 37.8. The molecule has 12 heteroatoms. The Bertz CT molecular complexity index is 730. The van der Waals surface area contributed by atoms with Crippen LogP contribution in [0.25, 0.3) is 0 Å². The molecule has 0 radical (unpaired) electrons. The van der Waals surface area contributed by atoms with Gasteiger partial charge < -0.3 is 14.2 Å². The van der Waals surface area contributed by atoms with E-state index in [2.05, 4.69) is 15.5 Å². The molecule has 3 saturated heterocycles. The Labute approximate surface area is 140 Å². The van der Waals surface area contributed by atoms with E-state index in [0.29, 0.717) is 0 Å². The lowest BCUT2D eigenvalue weighted by molar-refractivity contribution is -0.201. The minimum absolute atomic E-state index is 0.0150. The highest BCUT2D eigenvalue weighted by Gasteiger charge is 2.77. The number of ether oxygens (including phenoxy) is 3. The Morgan fingerprint density at radius 3 is 2.40 bits per heavy atom. The fourth-order valence-electron chi connectivity index (χ4n) is 3.27. The maximum Gasteiger partial charge on any atom is 0.395 e. The van der Waals surface area contributed by atoms with Crippen LogP contribution in [0.15, 0.2) is 12.2 Å². The fraction of sp³-hybridized carbons (Fsp3) is 0.692. The third-order valence-electron chi connectivity index (χ3n) is 4.21. The first-order valence-electron chi connectivity index (χ1n) is 7.10. The molecule has 0 aliphatic carbocycles. The van der Waals surface area contributed by atoms with Crippen LogP contribution in [0.3, 0.4) is 0 Å². The highest BCUT2D eigenvalue weighted by molar-refractivity contribution is 7.87. The van der Waals surface area contributed by atoms with E-state index in [1.54, 1.807) is 0 Å². The monoisotopic (exact) mass is 386 g/mol. The number of rotatable bonds is 4. The maximum atomic E-state index is 13.3. The molecule has 6 unspecified atom stereocenters. The standard InChI is InChI=1S/C13H13F3O8S/c1-4(2)12(18)21-3-5(17)22-8-7-6(13(14,15)16)11-10(23-7)9(8)24-25(11,19)20/h6-11H,1,3H2,2H3. The van der Waals surface area contributed by atoms with Crippen molar-refractivity contribution in [2.75, 3.05) is 6.61 Å². The van der Waals surface area contributed by atoms with Crippen LogP contribution < -0.4 is 0 Å². The van der Waals surface area contributed by atoms with Crippen LogP contribution in [-0.2, 0) is 38.1 Å². The van der Waals surface area contributed by atoms with Gasteiger partial charge in [0.15, 0.2) is 12.7 Å². The average Bonchev–Trinajstić information content (AvgIpc) is 3.06. The Morgan fingerprint density at radius 1 is 1.20 bits per heavy atom. The summed E-state index contributed by atoms with van der Waals surface area (Å²) in [5.41, 5.74) is 0.0150. The van der Waals surface area contributed by atoms with Crippen molar-refractivity contribution in [2.24, 2.45) is 5.92 Å². The lowest BCUT2D eigenvalue weighted by Gasteiger charge is -2.29. The zero-order chi connectivity index (χ0) is 18.7. The van der Waals surface area contributed by atoms with E-state index in [1.165, 1.54) is 6.92 Å². The SMILES string of the molecule is C=C(C)C(=O)OCC(=O)OC1C2OS(=O)(=O)C3C2OC1C3C(F)(F)F. The summed E-state index contributed by atoms with van der Waals surface area (Å²) in [4.78, 5) is 22.9. The van der Waals surface area contributed by atoms with Crippen molar-refractivity contribution >= 4 is 22.1 Å². The number of hydrogen-bond donors (Lipinski definition) is 0. The van der Waals surface area contributed by atoms with E-state index in [9.17, 15) is 31.2 Å². The molecule has 3 fully saturated rings. The zero-order valence-corrected chi connectivity index (χ0v) is 13.5. The van der Waals surface area contributed by atoms with Crippen molar-refractivity contribution in [1.29, 1.82) is 0 Å². The summed E-state index contributed by atoms with van der Waals surface area (Å²) < 4.78 is 82.6. The molecule has 140 valence electrons. The van der Waals surface area contributed by atoms with E-state index in [-0.39, 0.29) is 5.57 Å². The Balaban J connectivity index is 1.75. The largest absolute Gasteiger partial charge is 0.454 e. The molecule has 0 aromatic rings. The minimum atomic E-state index is -4.88. The Morgan fingerprint density at radius 2 is 1.84 bits per heavy atom. The molecule has 3 heterocycles. The van der Waals surface area contributed by atoms with Gasteiger partial charge in [-0.1, -0.05) is 6.58 Å². The van der Waals surface area contributed by atoms with Gasteiger partial charge in [-0.25, -0.2) is 9.59 Å². The number of fused-ring (bicyclic) bond motifs is 1. The summed E-state index contributed by atoms with van der Waals surface area (Å²) in [6.07, 6.45) is -10.9.